The number of nitrogens with zero attached hydrogens (tertiary/aromatic N) is 1. The number of halogens is 2. The maximum atomic E-state index is 13.1. The Hall–Kier alpha value is -2.37. The summed E-state index contributed by atoms with van der Waals surface area (Å²) in [5.74, 6) is 0.180. The SMILES string of the molecule is O=C1CCC(CCOC2CCCCO2)(c2ccc(Cl)c(Cl)c2)CN1Cc1ccc(-c2ccccc2)cc1. The predicted molar refractivity (Wildman–Crippen MR) is 149 cm³/mol. The standard InChI is InChI=1S/C31H33Cl2NO3/c32-27-14-13-26(20-28(27)33)31(17-19-37-30-8-4-5-18-36-30)16-15-29(35)34(22-31)21-23-9-11-25(12-10-23)24-6-2-1-3-7-24/h1-3,6-7,9-14,20,30H,4-5,8,15-19,21-22H2. The van der Waals surface area contributed by atoms with Gasteiger partial charge in [-0.05, 0) is 66.5 Å². The zero-order chi connectivity index (χ0) is 25.7. The molecule has 194 valence electrons. The zero-order valence-electron chi connectivity index (χ0n) is 21.0. The number of benzene rings is 3. The molecular weight excluding hydrogens is 505 g/mol. The average molecular weight is 539 g/mol. The van der Waals surface area contributed by atoms with Crippen LogP contribution in [-0.4, -0.2) is 36.9 Å². The molecule has 2 fully saturated rings. The molecule has 1 amide bonds. The van der Waals surface area contributed by atoms with Gasteiger partial charge in [-0.25, -0.2) is 0 Å². The van der Waals surface area contributed by atoms with Gasteiger partial charge < -0.3 is 14.4 Å². The lowest BCUT2D eigenvalue weighted by Gasteiger charge is -2.43. The third-order valence-corrected chi connectivity index (χ3v) is 8.39. The summed E-state index contributed by atoms with van der Waals surface area (Å²) < 4.78 is 11.9. The molecule has 6 heteroatoms. The normalized spacial score (nSPS) is 22.3. The number of carbonyl (C=O) groups is 1. The van der Waals surface area contributed by atoms with Gasteiger partial charge in [0.05, 0.1) is 16.7 Å². The molecule has 2 heterocycles. The van der Waals surface area contributed by atoms with Crippen LogP contribution in [0.15, 0.2) is 72.8 Å². The van der Waals surface area contributed by atoms with E-state index < -0.39 is 0 Å². The van der Waals surface area contributed by atoms with E-state index in [0.29, 0.717) is 36.2 Å². The van der Waals surface area contributed by atoms with Crippen molar-refractivity contribution in [2.24, 2.45) is 0 Å². The van der Waals surface area contributed by atoms with Gasteiger partial charge >= 0.3 is 0 Å². The van der Waals surface area contributed by atoms with Crippen LogP contribution >= 0.6 is 23.2 Å². The van der Waals surface area contributed by atoms with E-state index in [1.807, 2.05) is 41.3 Å². The number of hydrogen-bond acceptors (Lipinski definition) is 3. The summed E-state index contributed by atoms with van der Waals surface area (Å²) in [6.45, 7) is 2.51. The largest absolute Gasteiger partial charge is 0.353 e. The van der Waals surface area contributed by atoms with E-state index >= 15 is 0 Å². The summed E-state index contributed by atoms with van der Waals surface area (Å²) in [5, 5.41) is 1.07. The molecule has 3 aromatic rings. The van der Waals surface area contributed by atoms with Crippen LogP contribution in [0.2, 0.25) is 10.0 Å². The Kier molecular flexibility index (Phi) is 8.51. The van der Waals surface area contributed by atoms with Gasteiger partial charge in [0, 0.05) is 31.5 Å². The summed E-state index contributed by atoms with van der Waals surface area (Å²) in [4.78, 5) is 15.1. The van der Waals surface area contributed by atoms with E-state index in [4.69, 9.17) is 32.7 Å². The van der Waals surface area contributed by atoms with Gasteiger partial charge in [0.25, 0.3) is 0 Å². The number of piperidine rings is 1. The highest BCUT2D eigenvalue weighted by atomic mass is 35.5. The zero-order valence-corrected chi connectivity index (χ0v) is 22.5. The van der Waals surface area contributed by atoms with Crippen LogP contribution in [0.1, 0.15) is 49.7 Å². The Morgan fingerprint density at radius 3 is 2.46 bits per heavy atom. The van der Waals surface area contributed by atoms with Gasteiger partial charge in [0.1, 0.15) is 0 Å². The number of rotatable bonds is 8. The first-order chi connectivity index (χ1) is 18.0. The monoisotopic (exact) mass is 537 g/mol. The van der Waals surface area contributed by atoms with Crippen LogP contribution in [0.25, 0.3) is 11.1 Å². The maximum Gasteiger partial charge on any atom is 0.222 e. The molecule has 4 nitrogen and oxygen atoms in total. The Balaban J connectivity index is 1.34. The van der Waals surface area contributed by atoms with Crippen molar-refractivity contribution in [2.45, 2.75) is 56.8 Å². The Bertz CT molecular complexity index is 1190. The molecule has 5 rings (SSSR count). The highest BCUT2D eigenvalue weighted by Crippen LogP contribution is 2.40. The molecule has 3 aromatic carbocycles. The molecule has 2 aliphatic heterocycles. The van der Waals surface area contributed by atoms with Crippen molar-refractivity contribution in [3.05, 3.63) is 94.0 Å². The second-order valence-electron chi connectivity index (χ2n) is 10.1. The first-order valence-corrected chi connectivity index (χ1v) is 13.9. The first-order valence-electron chi connectivity index (χ1n) is 13.1. The molecule has 0 spiro atoms. The molecule has 2 unspecified atom stereocenters. The number of amides is 1. The van der Waals surface area contributed by atoms with Gasteiger partial charge in [-0.1, -0.05) is 83.9 Å². The maximum absolute atomic E-state index is 13.1. The summed E-state index contributed by atoms with van der Waals surface area (Å²) in [5.41, 5.74) is 4.31. The molecule has 2 atom stereocenters. The van der Waals surface area contributed by atoms with Crippen LogP contribution in [0.4, 0.5) is 0 Å². The second kappa shape index (κ2) is 12.0. The first kappa shape index (κ1) is 26.2. The minimum atomic E-state index is -0.263. The van der Waals surface area contributed by atoms with Gasteiger partial charge in [-0.3, -0.25) is 4.79 Å². The van der Waals surface area contributed by atoms with Crippen molar-refractivity contribution in [3.8, 4) is 11.1 Å². The molecule has 0 radical (unpaired) electrons. The van der Waals surface area contributed by atoms with Crippen molar-refractivity contribution < 1.29 is 14.3 Å². The van der Waals surface area contributed by atoms with Crippen molar-refractivity contribution in [1.29, 1.82) is 0 Å². The molecule has 0 aromatic heterocycles. The van der Waals surface area contributed by atoms with E-state index in [1.54, 1.807) is 0 Å². The number of ether oxygens (including phenoxy) is 2. The molecule has 37 heavy (non-hydrogen) atoms. The molecular formula is C31H33Cl2NO3. The fourth-order valence-electron chi connectivity index (χ4n) is 5.47. The smallest absolute Gasteiger partial charge is 0.222 e. The van der Waals surface area contributed by atoms with E-state index in [0.717, 1.165) is 49.8 Å². The minimum absolute atomic E-state index is 0.135. The second-order valence-corrected chi connectivity index (χ2v) is 11.0. The predicted octanol–water partition coefficient (Wildman–Crippen LogP) is 7.65. The van der Waals surface area contributed by atoms with Crippen molar-refractivity contribution in [2.75, 3.05) is 19.8 Å². The van der Waals surface area contributed by atoms with Crippen molar-refractivity contribution in [3.63, 3.8) is 0 Å². The molecule has 2 saturated heterocycles. The summed E-state index contributed by atoms with van der Waals surface area (Å²) >= 11 is 12.7. The lowest BCUT2D eigenvalue weighted by Crippen LogP contribution is -2.49. The lowest BCUT2D eigenvalue weighted by atomic mass is 9.71. The molecule has 0 N–H and O–H groups in total. The summed E-state index contributed by atoms with van der Waals surface area (Å²) in [6.07, 6.45) is 5.05. The highest BCUT2D eigenvalue weighted by Gasteiger charge is 2.40. The Morgan fingerprint density at radius 1 is 0.946 bits per heavy atom. The van der Waals surface area contributed by atoms with Gasteiger partial charge in [-0.15, -0.1) is 0 Å². The number of carbonyl (C=O) groups excluding carboxylic acids is 1. The summed E-state index contributed by atoms with van der Waals surface area (Å²) in [6, 6.07) is 24.7. The van der Waals surface area contributed by atoms with Gasteiger partial charge in [-0.2, -0.15) is 0 Å². The van der Waals surface area contributed by atoms with Crippen LogP contribution in [0.5, 0.6) is 0 Å². The quantitative estimate of drug-likeness (QED) is 0.296. The molecule has 0 aliphatic carbocycles. The average Bonchev–Trinajstić information content (AvgIpc) is 2.93. The van der Waals surface area contributed by atoms with Crippen LogP contribution in [0.3, 0.4) is 0 Å². The topological polar surface area (TPSA) is 38.8 Å². The van der Waals surface area contributed by atoms with Crippen LogP contribution in [0, 0.1) is 0 Å². The molecule has 2 aliphatic rings. The fraction of sp³-hybridized carbons (Fsp3) is 0.387. The van der Waals surface area contributed by atoms with Crippen LogP contribution < -0.4 is 0 Å². The Labute approximate surface area is 229 Å². The molecule has 0 bridgehead atoms. The van der Waals surface area contributed by atoms with E-state index in [1.165, 1.54) is 11.1 Å². The third kappa shape index (κ3) is 6.38. The third-order valence-electron chi connectivity index (χ3n) is 7.65. The lowest BCUT2D eigenvalue weighted by molar-refractivity contribution is -0.166. The number of likely N-dealkylation sites (tertiary alicyclic amines) is 1. The number of hydrogen-bond donors (Lipinski definition) is 0. The van der Waals surface area contributed by atoms with Gasteiger partial charge in [0.15, 0.2) is 6.29 Å². The van der Waals surface area contributed by atoms with E-state index in [-0.39, 0.29) is 17.6 Å². The van der Waals surface area contributed by atoms with E-state index in [9.17, 15) is 4.79 Å². The highest BCUT2D eigenvalue weighted by molar-refractivity contribution is 6.42. The van der Waals surface area contributed by atoms with Crippen molar-refractivity contribution >= 4 is 29.1 Å². The fourth-order valence-corrected chi connectivity index (χ4v) is 5.77. The van der Waals surface area contributed by atoms with E-state index in [2.05, 4.69) is 36.4 Å². The summed E-state index contributed by atoms with van der Waals surface area (Å²) in [7, 11) is 0. The minimum Gasteiger partial charge on any atom is -0.353 e. The van der Waals surface area contributed by atoms with Crippen molar-refractivity contribution in [1.82, 2.24) is 4.90 Å². The molecule has 0 saturated carbocycles. The van der Waals surface area contributed by atoms with Crippen LogP contribution in [-0.2, 0) is 26.2 Å². The Morgan fingerprint density at radius 2 is 1.73 bits per heavy atom. The van der Waals surface area contributed by atoms with Gasteiger partial charge in [0.2, 0.25) is 5.91 Å².